The Kier molecular flexibility index (Phi) is 5.05. The van der Waals surface area contributed by atoms with E-state index in [4.69, 9.17) is 10.5 Å². The van der Waals surface area contributed by atoms with E-state index in [-0.39, 0.29) is 5.97 Å². The van der Waals surface area contributed by atoms with Crippen molar-refractivity contribution < 1.29 is 9.53 Å². The average Bonchev–Trinajstić information content (AvgIpc) is 3.01. The van der Waals surface area contributed by atoms with Crippen LogP contribution in [0.5, 0.6) is 0 Å². The minimum atomic E-state index is -0.128. The summed E-state index contributed by atoms with van der Waals surface area (Å²) in [7, 11) is 0. The molecule has 0 spiro atoms. The molecule has 0 saturated heterocycles. The summed E-state index contributed by atoms with van der Waals surface area (Å²) in [5, 5.41) is 0. The number of carbonyl (C=O) groups excluding carboxylic acids is 1. The predicted octanol–water partition coefficient (Wildman–Crippen LogP) is 0.751. The average molecular weight is 214 g/mol. The lowest BCUT2D eigenvalue weighted by molar-refractivity contribution is -0.145. The maximum atomic E-state index is 11.4. The molecule has 1 fully saturated rings. The second kappa shape index (κ2) is 6.08. The van der Waals surface area contributed by atoms with Gasteiger partial charge in [-0.15, -0.1) is 0 Å². The monoisotopic (exact) mass is 214 g/mol. The molecular weight excluding hydrogens is 192 g/mol. The van der Waals surface area contributed by atoms with Crippen LogP contribution in [-0.2, 0) is 9.53 Å². The Hall–Kier alpha value is -0.610. The molecule has 0 aromatic rings. The van der Waals surface area contributed by atoms with Gasteiger partial charge in [-0.3, -0.25) is 9.69 Å². The number of hydrogen-bond acceptors (Lipinski definition) is 4. The fourth-order valence-corrected chi connectivity index (χ4v) is 1.85. The molecular formula is C11H22N2O2. The molecule has 1 unspecified atom stereocenters. The quantitative estimate of drug-likeness (QED) is 0.635. The van der Waals surface area contributed by atoms with Crippen molar-refractivity contribution in [2.24, 2.45) is 5.73 Å². The zero-order valence-corrected chi connectivity index (χ0v) is 9.74. The standard InChI is InChI=1S/C11H22N2O2/c1-3-9(7-12)13(10-5-6-10)8-11(14)15-4-2/h9-10H,3-8,12H2,1-2H3. The normalized spacial score (nSPS) is 17.9. The largest absolute Gasteiger partial charge is 0.465 e. The van der Waals surface area contributed by atoms with Crippen molar-refractivity contribution in [1.29, 1.82) is 0 Å². The second-order valence-corrected chi connectivity index (χ2v) is 4.01. The lowest BCUT2D eigenvalue weighted by Crippen LogP contribution is -2.44. The molecule has 0 aromatic carbocycles. The fourth-order valence-electron chi connectivity index (χ4n) is 1.85. The Bertz CT molecular complexity index is 201. The van der Waals surface area contributed by atoms with Crippen molar-refractivity contribution >= 4 is 5.97 Å². The second-order valence-electron chi connectivity index (χ2n) is 4.01. The Labute approximate surface area is 91.8 Å². The van der Waals surface area contributed by atoms with Gasteiger partial charge in [-0.1, -0.05) is 6.92 Å². The van der Waals surface area contributed by atoms with Gasteiger partial charge in [-0.25, -0.2) is 0 Å². The van der Waals surface area contributed by atoms with Crippen molar-refractivity contribution in [2.75, 3.05) is 19.7 Å². The summed E-state index contributed by atoms with van der Waals surface area (Å²) >= 11 is 0. The first kappa shape index (κ1) is 12.5. The number of nitrogens with zero attached hydrogens (tertiary/aromatic N) is 1. The van der Waals surface area contributed by atoms with Gasteiger partial charge in [0.05, 0.1) is 13.2 Å². The summed E-state index contributed by atoms with van der Waals surface area (Å²) in [5.74, 6) is -0.128. The molecule has 0 radical (unpaired) electrons. The highest BCUT2D eigenvalue weighted by Crippen LogP contribution is 2.29. The molecule has 15 heavy (non-hydrogen) atoms. The fraction of sp³-hybridized carbons (Fsp3) is 0.909. The van der Waals surface area contributed by atoms with Gasteiger partial charge in [0, 0.05) is 18.6 Å². The van der Waals surface area contributed by atoms with Crippen LogP contribution in [0.2, 0.25) is 0 Å². The molecule has 1 atom stereocenters. The summed E-state index contributed by atoms with van der Waals surface area (Å²) < 4.78 is 4.97. The highest BCUT2D eigenvalue weighted by atomic mass is 16.5. The Morgan fingerprint density at radius 2 is 2.20 bits per heavy atom. The maximum absolute atomic E-state index is 11.4. The first-order valence-electron chi connectivity index (χ1n) is 5.84. The first-order valence-corrected chi connectivity index (χ1v) is 5.84. The van der Waals surface area contributed by atoms with Crippen LogP contribution in [0.15, 0.2) is 0 Å². The summed E-state index contributed by atoms with van der Waals surface area (Å²) in [6.07, 6.45) is 3.37. The van der Waals surface area contributed by atoms with E-state index in [0.29, 0.717) is 31.8 Å². The van der Waals surface area contributed by atoms with Crippen molar-refractivity contribution in [1.82, 2.24) is 4.90 Å². The Morgan fingerprint density at radius 3 is 2.60 bits per heavy atom. The summed E-state index contributed by atoms with van der Waals surface area (Å²) in [4.78, 5) is 13.6. The molecule has 0 bridgehead atoms. The van der Waals surface area contributed by atoms with Gasteiger partial charge in [0.15, 0.2) is 0 Å². The number of esters is 1. The number of nitrogens with two attached hydrogens (primary N) is 1. The van der Waals surface area contributed by atoms with Crippen molar-refractivity contribution in [3.63, 3.8) is 0 Å². The Balaban J connectivity index is 2.45. The van der Waals surface area contributed by atoms with E-state index in [1.807, 2.05) is 6.92 Å². The number of ether oxygens (including phenoxy) is 1. The van der Waals surface area contributed by atoms with Crippen molar-refractivity contribution in [2.45, 2.75) is 45.2 Å². The van der Waals surface area contributed by atoms with E-state index >= 15 is 0 Å². The van der Waals surface area contributed by atoms with E-state index in [1.165, 1.54) is 12.8 Å². The molecule has 0 aromatic heterocycles. The Morgan fingerprint density at radius 1 is 1.53 bits per heavy atom. The third kappa shape index (κ3) is 3.80. The van der Waals surface area contributed by atoms with Crippen LogP contribution >= 0.6 is 0 Å². The van der Waals surface area contributed by atoms with Crippen molar-refractivity contribution in [3.05, 3.63) is 0 Å². The predicted molar refractivity (Wildman–Crippen MR) is 59.5 cm³/mol. The summed E-state index contributed by atoms with van der Waals surface area (Å²) in [6, 6.07) is 0.879. The summed E-state index contributed by atoms with van der Waals surface area (Å²) in [6.45, 7) is 5.41. The minimum absolute atomic E-state index is 0.128. The van der Waals surface area contributed by atoms with E-state index in [0.717, 1.165) is 6.42 Å². The van der Waals surface area contributed by atoms with Crippen molar-refractivity contribution in [3.8, 4) is 0 Å². The number of hydrogen-bond donors (Lipinski definition) is 1. The van der Waals surface area contributed by atoms with Gasteiger partial charge in [-0.2, -0.15) is 0 Å². The SMILES string of the molecule is CCOC(=O)CN(C(CC)CN)C1CC1. The molecule has 1 aliphatic rings. The maximum Gasteiger partial charge on any atom is 0.320 e. The molecule has 0 heterocycles. The molecule has 0 amide bonds. The third-order valence-corrected chi connectivity index (χ3v) is 2.85. The molecule has 1 aliphatic carbocycles. The minimum Gasteiger partial charge on any atom is -0.465 e. The molecule has 2 N–H and O–H groups in total. The first-order chi connectivity index (χ1) is 7.22. The van der Waals surface area contributed by atoms with Crippen LogP contribution in [0.25, 0.3) is 0 Å². The highest BCUT2D eigenvalue weighted by Gasteiger charge is 2.34. The van der Waals surface area contributed by atoms with Crippen LogP contribution in [0.1, 0.15) is 33.1 Å². The zero-order valence-electron chi connectivity index (χ0n) is 9.74. The molecule has 1 saturated carbocycles. The zero-order chi connectivity index (χ0) is 11.3. The molecule has 0 aliphatic heterocycles. The third-order valence-electron chi connectivity index (χ3n) is 2.85. The lowest BCUT2D eigenvalue weighted by Gasteiger charge is -2.29. The molecule has 88 valence electrons. The molecule has 4 heteroatoms. The van der Waals surface area contributed by atoms with Gasteiger partial charge in [0.2, 0.25) is 0 Å². The molecule has 1 rings (SSSR count). The van der Waals surface area contributed by atoms with E-state index in [9.17, 15) is 4.79 Å². The lowest BCUT2D eigenvalue weighted by atomic mass is 10.2. The van der Waals surface area contributed by atoms with Gasteiger partial charge in [0.1, 0.15) is 0 Å². The van der Waals surface area contributed by atoms with E-state index in [1.54, 1.807) is 0 Å². The van der Waals surface area contributed by atoms with Gasteiger partial charge >= 0.3 is 5.97 Å². The van der Waals surface area contributed by atoms with Crippen LogP contribution in [-0.4, -0.2) is 42.6 Å². The summed E-state index contributed by atoms with van der Waals surface area (Å²) in [5.41, 5.74) is 5.71. The number of carbonyl (C=O) groups is 1. The van der Waals surface area contributed by atoms with Crippen LogP contribution in [0, 0.1) is 0 Å². The van der Waals surface area contributed by atoms with Gasteiger partial charge in [-0.05, 0) is 26.2 Å². The van der Waals surface area contributed by atoms with Gasteiger partial charge < -0.3 is 10.5 Å². The van der Waals surface area contributed by atoms with E-state index < -0.39 is 0 Å². The topological polar surface area (TPSA) is 55.6 Å². The van der Waals surface area contributed by atoms with Crippen LogP contribution in [0.3, 0.4) is 0 Å². The van der Waals surface area contributed by atoms with Gasteiger partial charge in [0.25, 0.3) is 0 Å². The smallest absolute Gasteiger partial charge is 0.320 e. The van der Waals surface area contributed by atoms with Crippen LogP contribution in [0.4, 0.5) is 0 Å². The van der Waals surface area contributed by atoms with E-state index in [2.05, 4.69) is 11.8 Å². The van der Waals surface area contributed by atoms with Crippen LogP contribution < -0.4 is 5.73 Å². The number of rotatable bonds is 7. The highest BCUT2D eigenvalue weighted by molar-refractivity contribution is 5.71. The molecule has 4 nitrogen and oxygen atoms in total.